The van der Waals surface area contributed by atoms with Gasteiger partial charge in [-0.1, -0.05) is 11.6 Å². The first kappa shape index (κ1) is 19.6. The molecule has 0 saturated carbocycles. The smallest absolute Gasteiger partial charge is 0.373 e. The summed E-state index contributed by atoms with van der Waals surface area (Å²) in [5.74, 6) is -0.700. The number of carbonyl (C=O) groups excluding carboxylic acids is 1. The van der Waals surface area contributed by atoms with Gasteiger partial charge in [0.15, 0.2) is 5.82 Å². The zero-order valence-electron chi connectivity index (χ0n) is 14.4. The number of aliphatic hydroxyl groups is 1. The third-order valence-corrected chi connectivity index (χ3v) is 5.04. The van der Waals surface area contributed by atoms with Crippen LogP contribution in [-0.4, -0.2) is 55.5 Å². The van der Waals surface area contributed by atoms with Gasteiger partial charge in [-0.2, -0.15) is 13.2 Å². The molecule has 1 amide bonds. The first-order valence-corrected chi connectivity index (χ1v) is 8.73. The Labute approximate surface area is 158 Å². The minimum Gasteiger partial charge on any atom is -0.373 e. The van der Waals surface area contributed by atoms with E-state index in [9.17, 15) is 23.1 Å². The summed E-state index contributed by atoms with van der Waals surface area (Å²) in [5, 5.41) is 18.2. The maximum absolute atomic E-state index is 12.9. The van der Waals surface area contributed by atoms with E-state index in [0.29, 0.717) is 30.6 Å². The molecule has 2 aromatic rings. The van der Waals surface area contributed by atoms with Crippen molar-refractivity contribution in [3.8, 4) is 11.4 Å². The van der Waals surface area contributed by atoms with Gasteiger partial charge in [-0.25, -0.2) is 0 Å². The fourth-order valence-corrected chi connectivity index (χ4v) is 3.22. The molecule has 1 aromatic carbocycles. The molecule has 27 heavy (non-hydrogen) atoms. The Morgan fingerprint density at radius 1 is 1.22 bits per heavy atom. The molecular formula is C17H18ClF3N4O2. The molecule has 1 unspecified atom stereocenters. The molecule has 3 rings (SSSR count). The molecule has 0 bridgehead atoms. The summed E-state index contributed by atoms with van der Waals surface area (Å²) in [5.41, 5.74) is -2.57. The second kappa shape index (κ2) is 7.12. The molecule has 146 valence electrons. The maximum atomic E-state index is 12.9. The number of amides is 1. The highest BCUT2D eigenvalue weighted by atomic mass is 35.5. The van der Waals surface area contributed by atoms with Crippen molar-refractivity contribution in [2.75, 3.05) is 13.1 Å². The Kier molecular flexibility index (Phi) is 5.18. The zero-order chi connectivity index (χ0) is 19.8. The normalized spacial score (nSPS) is 18.4. The second-order valence-electron chi connectivity index (χ2n) is 6.66. The van der Waals surface area contributed by atoms with Crippen molar-refractivity contribution in [1.82, 2.24) is 19.7 Å². The highest BCUT2D eigenvalue weighted by Gasteiger charge is 2.57. The third kappa shape index (κ3) is 3.79. The van der Waals surface area contributed by atoms with Crippen LogP contribution in [-0.2, 0) is 4.79 Å². The number of halogens is 4. The van der Waals surface area contributed by atoms with Gasteiger partial charge in [0.05, 0.1) is 0 Å². The summed E-state index contributed by atoms with van der Waals surface area (Å²) in [6.07, 6.45) is -2.59. The van der Waals surface area contributed by atoms with Crippen LogP contribution in [0.4, 0.5) is 13.2 Å². The van der Waals surface area contributed by atoms with E-state index in [1.807, 2.05) is 16.7 Å². The molecule has 0 radical (unpaired) electrons. The van der Waals surface area contributed by atoms with Gasteiger partial charge in [0.25, 0.3) is 5.91 Å². The number of hydrogen-bond acceptors (Lipinski definition) is 4. The van der Waals surface area contributed by atoms with Crippen LogP contribution < -0.4 is 0 Å². The molecule has 1 saturated heterocycles. The Bertz CT molecular complexity index is 812. The predicted octanol–water partition coefficient (Wildman–Crippen LogP) is 3.08. The first-order chi connectivity index (χ1) is 12.6. The molecule has 1 atom stereocenters. The average molecular weight is 403 g/mol. The highest BCUT2D eigenvalue weighted by molar-refractivity contribution is 6.30. The zero-order valence-corrected chi connectivity index (χ0v) is 15.2. The number of benzene rings is 1. The minimum atomic E-state index is -5.02. The summed E-state index contributed by atoms with van der Waals surface area (Å²) in [6.45, 7) is 0.696. The number of alkyl halides is 3. The Morgan fingerprint density at radius 3 is 2.37 bits per heavy atom. The summed E-state index contributed by atoms with van der Waals surface area (Å²) in [7, 11) is 0. The van der Waals surface area contributed by atoms with E-state index >= 15 is 0 Å². The lowest BCUT2D eigenvalue weighted by Gasteiger charge is -2.37. The van der Waals surface area contributed by atoms with Crippen LogP contribution in [0.2, 0.25) is 5.02 Å². The number of hydrogen-bond donors (Lipinski definition) is 1. The average Bonchev–Trinajstić information content (AvgIpc) is 3.10. The maximum Gasteiger partial charge on any atom is 0.426 e. The van der Waals surface area contributed by atoms with Crippen molar-refractivity contribution in [2.45, 2.75) is 37.6 Å². The van der Waals surface area contributed by atoms with Gasteiger partial charge in [0, 0.05) is 29.7 Å². The van der Waals surface area contributed by atoms with Crippen LogP contribution >= 0.6 is 11.6 Å². The Balaban J connectivity index is 1.71. The molecule has 6 nitrogen and oxygen atoms in total. The van der Waals surface area contributed by atoms with Gasteiger partial charge >= 0.3 is 6.18 Å². The number of aromatic nitrogens is 3. The standard InChI is InChI=1S/C17H18ClF3N4O2/c1-16(27,17(19,20)21)15(26)24-8-6-13(7-9-24)25-10-22-23-14(25)11-2-4-12(18)5-3-11/h2-5,10,13,27H,6-9H2,1H3. The van der Waals surface area contributed by atoms with Gasteiger partial charge in [-0.3, -0.25) is 4.79 Å². The number of nitrogens with zero attached hydrogens (tertiary/aromatic N) is 4. The molecule has 1 aliphatic rings. The van der Waals surface area contributed by atoms with Gasteiger partial charge in [-0.15, -0.1) is 10.2 Å². The van der Waals surface area contributed by atoms with Crippen LogP contribution in [0.5, 0.6) is 0 Å². The number of rotatable bonds is 3. The predicted molar refractivity (Wildman–Crippen MR) is 92.0 cm³/mol. The number of likely N-dealkylation sites (tertiary alicyclic amines) is 1. The lowest BCUT2D eigenvalue weighted by atomic mass is 9.99. The van der Waals surface area contributed by atoms with E-state index in [1.165, 1.54) is 0 Å². The quantitative estimate of drug-likeness (QED) is 0.856. The SMILES string of the molecule is CC(O)(C(=O)N1CCC(n2cnnc2-c2ccc(Cl)cc2)CC1)C(F)(F)F. The van der Waals surface area contributed by atoms with Crippen LogP contribution in [0.25, 0.3) is 11.4 Å². The molecule has 0 aliphatic carbocycles. The number of piperidine rings is 1. The van der Waals surface area contributed by atoms with E-state index in [4.69, 9.17) is 11.6 Å². The van der Waals surface area contributed by atoms with E-state index in [2.05, 4.69) is 10.2 Å². The van der Waals surface area contributed by atoms with E-state index in [0.717, 1.165) is 10.5 Å². The molecular weight excluding hydrogens is 385 g/mol. The third-order valence-electron chi connectivity index (χ3n) is 4.79. The van der Waals surface area contributed by atoms with Gasteiger partial charge in [0.2, 0.25) is 5.60 Å². The summed E-state index contributed by atoms with van der Waals surface area (Å²) < 4.78 is 40.5. The first-order valence-electron chi connectivity index (χ1n) is 8.35. The van der Waals surface area contributed by atoms with Crippen LogP contribution in [0, 0.1) is 0 Å². The van der Waals surface area contributed by atoms with Gasteiger partial charge < -0.3 is 14.6 Å². The molecule has 2 heterocycles. The van der Waals surface area contributed by atoms with E-state index in [-0.39, 0.29) is 19.1 Å². The summed E-state index contributed by atoms with van der Waals surface area (Å²) >= 11 is 5.90. The fourth-order valence-electron chi connectivity index (χ4n) is 3.09. The van der Waals surface area contributed by atoms with E-state index in [1.54, 1.807) is 18.5 Å². The van der Waals surface area contributed by atoms with Crippen LogP contribution in [0.15, 0.2) is 30.6 Å². The van der Waals surface area contributed by atoms with Crippen LogP contribution in [0.1, 0.15) is 25.8 Å². The molecule has 1 aliphatic heterocycles. The van der Waals surface area contributed by atoms with Crippen molar-refractivity contribution < 1.29 is 23.1 Å². The highest BCUT2D eigenvalue weighted by Crippen LogP contribution is 2.34. The largest absolute Gasteiger partial charge is 0.426 e. The lowest BCUT2D eigenvalue weighted by Crippen LogP contribution is -2.57. The minimum absolute atomic E-state index is 0.0643. The monoisotopic (exact) mass is 402 g/mol. The van der Waals surface area contributed by atoms with E-state index < -0.39 is 17.7 Å². The van der Waals surface area contributed by atoms with Gasteiger partial charge in [0.1, 0.15) is 6.33 Å². The van der Waals surface area contributed by atoms with Crippen molar-refractivity contribution in [2.24, 2.45) is 0 Å². The van der Waals surface area contributed by atoms with Crippen molar-refractivity contribution in [1.29, 1.82) is 0 Å². The summed E-state index contributed by atoms with van der Waals surface area (Å²) in [6, 6.07) is 7.02. The molecule has 10 heteroatoms. The second-order valence-corrected chi connectivity index (χ2v) is 7.10. The fraction of sp³-hybridized carbons (Fsp3) is 0.471. The molecule has 1 aromatic heterocycles. The molecule has 0 spiro atoms. The van der Waals surface area contributed by atoms with Crippen LogP contribution in [0.3, 0.4) is 0 Å². The lowest BCUT2D eigenvalue weighted by molar-refractivity contribution is -0.250. The number of carbonyl (C=O) groups is 1. The Hall–Kier alpha value is -2.13. The molecule has 1 fully saturated rings. The topological polar surface area (TPSA) is 71.2 Å². The summed E-state index contributed by atoms with van der Waals surface area (Å²) in [4.78, 5) is 13.1. The van der Waals surface area contributed by atoms with Crippen molar-refractivity contribution in [3.63, 3.8) is 0 Å². The Morgan fingerprint density at radius 2 is 1.81 bits per heavy atom. The van der Waals surface area contributed by atoms with Crippen molar-refractivity contribution >= 4 is 17.5 Å². The van der Waals surface area contributed by atoms with Crippen molar-refractivity contribution in [3.05, 3.63) is 35.6 Å². The molecule has 1 N–H and O–H groups in total. The van der Waals surface area contributed by atoms with Gasteiger partial charge in [-0.05, 0) is 44.0 Å².